The van der Waals surface area contributed by atoms with Gasteiger partial charge in [0.15, 0.2) is 0 Å². The molecule has 0 aliphatic rings. The monoisotopic (exact) mass is 518 g/mol. The Bertz CT molecular complexity index is 2150. The Morgan fingerprint density at radius 3 is 1.97 bits per heavy atom. The molecule has 8 rings (SSSR count). The van der Waals surface area contributed by atoms with Crippen LogP contribution in [0.5, 0.6) is 0 Å². The normalized spacial score (nSPS) is 12.7. The minimum atomic E-state index is -0.0437. The number of hydrogen-bond acceptors (Lipinski definition) is 2. The molecule has 2 nitrogen and oxygen atoms in total. The Morgan fingerprint density at radius 2 is 1.21 bits per heavy atom. The molecule has 3 heteroatoms. The molecule has 0 unspecified atom stereocenters. The maximum absolute atomic E-state index is 6.65. The van der Waals surface area contributed by atoms with Crippen LogP contribution in [-0.2, 0) is 6.42 Å². The summed E-state index contributed by atoms with van der Waals surface area (Å²) in [5, 5.41) is 7.92. The first-order valence-electron chi connectivity index (χ1n) is 13.4. The standard InChI is InChI=1S/C36H26N2S/c37-30(22-23-10-2-1-3-11-23)24-18-20-25(21-19-24)38-31-16-8-6-14-28(31)33-26-12-4-5-13-27(26)34-29-15-7-9-17-32(29)39-36(34)35(33)38/h1-21,30H,22,37H2/t30-/m1/s1. The molecule has 0 aliphatic heterocycles. The van der Waals surface area contributed by atoms with Crippen molar-refractivity contribution in [3.05, 3.63) is 139 Å². The number of aromatic nitrogens is 1. The van der Waals surface area contributed by atoms with E-state index in [-0.39, 0.29) is 6.04 Å². The highest BCUT2D eigenvalue weighted by atomic mass is 32.1. The van der Waals surface area contributed by atoms with E-state index >= 15 is 0 Å². The molecule has 0 radical (unpaired) electrons. The van der Waals surface area contributed by atoms with Crippen LogP contribution in [0.25, 0.3) is 58.4 Å². The molecule has 0 aliphatic carbocycles. The fraction of sp³-hybridized carbons (Fsp3) is 0.0556. The summed E-state index contributed by atoms with van der Waals surface area (Å²) < 4.78 is 5.12. The zero-order valence-electron chi connectivity index (χ0n) is 21.3. The van der Waals surface area contributed by atoms with E-state index in [1.807, 2.05) is 17.4 Å². The van der Waals surface area contributed by atoms with Crippen molar-refractivity contribution in [2.45, 2.75) is 12.5 Å². The summed E-state index contributed by atoms with van der Waals surface area (Å²) in [5.74, 6) is 0. The van der Waals surface area contributed by atoms with Crippen LogP contribution in [0.1, 0.15) is 17.2 Å². The van der Waals surface area contributed by atoms with Crippen LogP contribution in [0.15, 0.2) is 127 Å². The van der Waals surface area contributed by atoms with E-state index in [9.17, 15) is 0 Å². The fourth-order valence-corrected chi connectivity index (χ4v) is 7.51. The van der Waals surface area contributed by atoms with Gasteiger partial charge in [0, 0.05) is 38.0 Å². The van der Waals surface area contributed by atoms with Gasteiger partial charge in [0.25, 0.3) is 0 Å². The molecule has 8 aromatic rings. The van der Waals surface area contributed by atoms with Crippen molar-refractivity contribution in [1.82, 2.24) is 4.57 Å². The SMILES string of the molecule is N[C@H](Cc1ccccc1)c1ccc(-n2c3ccccc3c3c4ccccc4c4c5ccccc5sc4c32)cc1. The topological polar surface area (TPSA) is 30.9 Å². The number of benzene rings is 6. The molecular weight excluding hydrogens is 492 g/mol. The Hall–Kier alpha value is -4.44. The molecule has 0 fully saturated rings. The highest BCUT2D eigenvalue weighted by Gasteiger charge is 2.21. The van der Waals surface area contributed by atoms with Crippen LogP contribution in [-0.4, -0.2) is 4.57 Å². The molecule has 2 aromatic heterocycles. The van der Waals surface area contributed by atoms with E-state index in [4.69, 9.17) is 5.73 Å². The first-order chi connectivity index (χ1) is 19.3. The van der Waals surface area contributed by atoms with Crippen molar-refractivity contribution in [2.24, 2.45) is 5.73 Å². The molecule has 2 N–H and O–H groups in total. The van der Waals surface area contributed by atoms with Crippen LogP contribution in [0.2, 0.25) is 0 Å². The van der Waals surface area contributed by atoms with Gasteiger partial charge in [0.2, 0.25) is 0 Å². The van der Waals surface area contributed by atoms with E-state index in [1.54, 1.807) is 0 Å². The zero-order valence-corrected chi connectivity index (χ0v) is 22.2. The van der Waals surface area contributed by atoms with E-state index in [2.05, 4.69) is 126 Å². The molecule has 0 saturated carbocycles. The summed E-state index contributed by atoms with van der Waals surface area (Å²) >= 11 is 1.90. The Labute approximate surface area is 230 Å². The number of thiophene rings is 1. The average Bonchev–Trinajstić information content (AvgIpc) is 3.55. The zero-order chi connectivity index (χ0) is 25.9. The van der Waals surface area contributed by atoms with Crippen LogP contribution in [0.3, 0.4) is 0 Å². The summed E-state index contributed by atoms with van der Waals surface area (Å²) in [4.78, 5) is 0. The molecule has 6 aromatic carbocycles. The second-order valence-corrected chi connectivity index (χ2v) is 11.4. The van der Waals surface area contributed by atoms with Crippen molar-refractivity contribution in [1.29, 1.82) is 0 Å². The quantitative estimate of drug-likeness (QED) is 0.247. The first kappa shape index (κ1) is 22.5. The lowest BCUT2D eigenvalue weighted by atomic mass is 9.99. The number of hydrogen-bond donors (Lipinski definition) is 1. The molecule has 0 spiro atoms. The Balaban J connectivity index is 1.41. The van der Waals surface area contributed by atoms with Crippen LogP contribution >= 0.6 is 11.3 Å². The smallest absolute Gasteiger partial charge is 0.0726 e. The molecule has 0 saturated heterocycles. The van der Waals surface area contributed by atoms with Gasteiger partial charge in [-0.05, 0) is 52.6 Å². The van der Waals surface area contributed by atoms with Crippen molar-refractivity contribution in [3.8, 4) is 5.69 Å². The van der Waals surface area contributed by atoms with Gasteiger partial charge >= 0.3 is 0 Å². The lowest BCUT2D eigenvalue weighted by Crippen LogP contribution is -2.13. The van der Waals surface area contributed by atoms with Crippen LogP contribution < -0.4 is 5.73 Å². The summed E-state index contributed by atoms with van der Waals surface area (Å²) in [7, 11) is 0. The maximum atomic E-state index is 6.65. The molecule has 0 amide bonds. The van der Waals surface area contributed by atoms with Crippen molar-refractivity contribution < 1.29 is 0 Å². The van der Waals surface area contributed by atoms with Crippen LogP contribution in [0.4, 0.5) is 0 Å². The lowest BCUT2D eigenvalue weighted by Gasteiger charge is -2.14. The van der Waals surface area contributed by atoms with Gasteiger partial charge in [0.05, 0.1) is 15.7 Å². The number of para-hydroxylation sites is 1. The third-order valence-electron chi connectivity index (χ3n) is 8.03. The van der Waals surface area contributed by atoms with E-state index < -0.39 is 0 Å². The summed E-state index contributed by atoms with van der Waals surface area (Å²) in [6, 6.07) is 45.8. The molecule has 39 heavy (non-hydrogen) atoms. The van der Waals surface area contributed by atoms with Crippen molar-refractivity contribution in [3.63, 3.8) is 0 Å². The lowest BCUT2D eigenvalue weighted by molar-refractivity contribution is 0.722. The van der Waals surface area contributed by atoms with Gasteiger partial charge in [-0.15, -0.1) is 11.3 Å². The number of nitrogens with two attached hydrogens (primary N) is 1. The molecule has 1 atom stereocenters. The minimum absolute atomic E-state index is 0.0437. The predicted octanol–water partition coefficient (Wildman–Crippen LogP) is 9.55. The van der Waals surface area contributed by atoms with E-state index in [1.165, 1.54) is 58.3 Å². The second-order valence-electron chi connectivity index (χ2n) is 10.3. The summed E-state index contributed by atoms with van der Waals surface area (Å²) in [5.41, 5.74) is 12.7. The number of rotatable bonds is 4. The summed E-state index contributed by atoms with van der Waals surface area (Å²) in [6.07, 6.45) is 0.823. The highest BCUT2D eigenvalue weighted by Crippen LogP contribution is 2.47. The molecular formula is C36H26N2S. The average molecular weight is 519 g/mol. The largest absolute Gasteiger partial charge is 0.324 e. The van der Waals surface area contributed by atoms with Gasteiger partial charge in [-0.25, -0.2) is 0 Å². The minimum Gasteiger partial charge on any atom is -0.324 e. The van der Waals surface area contributed by atoms with Gasteiger partial charge in [-0.2, -0.15) is 0 Å². The van der Waals surface area contributed by atoms with E-state index in [0.717, 1.165) is 17.7 Å². The Morgan fingerprint density at radius 1 is 0.590 bits per heavy atom. The molecule has 0 bridgehead atoms. The number of nitrogens with zero attached hydrogens (tertiary/aromatic N) is 1. The van der Waals surface area contributed by atoms with Crippen LogP contribution in [0, 0.1) is 0 Å². The predicted molar refractivity (Wildman–Crippen MR) is 168 cm³/mol. The second kappa shape index (κ2) is 8.81. The van der Waals surface area contributed by atoms with Gasteiger partial charge < -0.3 is 10.3 Å². The van der Waals surface area contributed by atoms with Gasteiger partial charge in [0.1, 0.15) is 0 Å². The molecule has 2 heterocycles. The maximum Gasteiger partial charge on any atom is 0.0726 e. The van der Waals surface area contributed by atoms with E-state index in [0.29, 0.717) is 0 Å². The molecule has 186 valence electrons. The first-order valence-corrected chi connectivity index (χ1v) is 14.2. The third-order valence-corrected chi connectivity index (χ3v) is 9.21. The van der Waals surface area contributed by atoms with Crippen molar-refractivity contribution in [2.75, 3.05) is 0 Å². The van der Waals surface area contributed by atoms with Gasteiger partial charge in [-0.1, -0.05) is 103 Å². The van der Waals surface area contributed by atoms with Crippen molar-refractivity contribution >= 4 is 64.1 Å². The fourth-order valence-electron chi connectivity index (χ4n) is 6.25. The Kier molecular flexibility index (Phi) is 5.09. The highest BCUT2D eigenvalue weighted by molar-refractivity contribution is 7.27. The third kappa shape index (κ3) is 3.44. The number of fused-ring (bicyclic) bond motifs is 10. The van der Waals surface area contributed by atoms with Gasteiger partial charge in [-0.3, -0.25) is 0 Å². The summed E-state index contributed by atoms with van der Waals surface area (Å²) in [6.45, 7) is 0.